The Morgan fingerprint density at radius 1 is 1.55 bits per heavy atom. The summed E-state index contributed by atoms with van der Waals surface area (Å²) in [5.74, 6) is -0.427. The molecule has 0 aliphatic carbocycles. The minimum atomic E-state index is -0.950. The zero-order valence-corrected chi connectivity index (χ0v) is 6.81. The van der Waals surface area contributed by atoms with E-state index in [-0.39, 0.29) is 5.56 Å². The lowest BCUT2D eigenvalue weighted by molar-refractivity contribution is 0.0696. The van der Waals surface area contributed by atoms with E-state index in [9.17, 15) is 4.79 Å². The molecular formula is C7H7O3P. The molecule has 1 aromatic rings. The highest BCUT2D eigenvalue weighted by atomic mass is 31.0. The van der Waals surface area contributed by atoms with E-state index in [1.807, 2.05) is 0 Å². The van der Waals surface area contributed by atoms with E-state index in [1.165, 1.54) is 12.1 Å². The second kappa shape index (κ2) is 3.35. The molecule has 0 aromatic heterocycles. The van der Waals surface area contributed by atoms with Gasteiger partial charge in [-0.2, -0.15) is 0 Å². The summed E-state index contributed by atoms with van der Waals surface area (Å²) in [5.41, 5.74) is 0.227. The number of carboxylic acid groups (broad SMARTS) is 1. The molecule has 1 aromatic carbocycles. The van der Waals surface area contributed by atoms with Gasteiger partial charge in [-0.05, 0) is 18.2 Å². The van der Waals surface area contributed by atoms with Gasteiger partial charge < -0.3 is 9.63 Å². The van der Waals surface area contributed by atoms with Crippen LogP contribution >= 0.6 is 9.47 Å². The van der Waals surface area contributed by atoms with Gasteiger partial charge in [0.1, 0.15) is 5.75 Å². The first-order chi connectivity index (χ1) is 5.24. The van der Waals surface area contributed by atoms with Gasteiger partial charge >= 0.3 is 5.97 Å². The molecule has 0 aliphatic rings. The Morgan fingerprint density at radius 2 is 2.27 bits per heavy atom. The Labute approximate surface area is 66.3 Å². The van der Waals surface area contributed by atoms with Crippen LogP contribution in [0.25, 0.3) is 0 Å². The van der Waals surface area contributed by atoms with E-state index in [0.29, 0.717) is 5.75 Å². The number of rotatable bonds is 2. The lowest BCUT2D eigenvalue weighted by Crippen LogP contribution is -1.94. The normalized spacial score (nSPS) is 9.18. The van der Waals surface area contributed by atoms with Crippen LogP contribution in [0.2, 0.25) is 0 Å². The lowest BCUT2D eigenvalue weighted by Gasteiger charge is -1.98. The molecule has 1 atom stereocenters. The molecule has 0 spiro atoms. The van der Waals surface area contributed by atoms with Gasteiger partial charge in [-0.1, -0.05) is 6.07 Å². The summed E-state index contributed by atoms with van der Waals surface area (Å²) in [6.45, 7) is 0. The maximum Gasteiger partial charge on any atom is 0.335 e. The molecular weight excluding hydrogens is 163 g/mol. The number of carbonyl (C=O) groups is 1. The fraction of sp³-hybridized carbons (Fsp3) is 0. The average molecular weight is 170 g/mol. The van der Waals surface area contributed by atoms with E-state index >= 15 is 0 Å². The fourth-order valence-corrected chi connectivity index (χ4v) is 0.849. The van der Waals surface area contributed by atoms with Crippen LogP contribution in [-0.2, 0) is 0 Å². The minimum Gasteiger partial charge on any atom is -0.480 e. The second-order valence-corrected chi connectivity index (χ2v) is 2.19. The SMILES string of the molecule is O=C(O)c1cccc(OP)c1. The predicted molar refractivity (Wildman–Crippen MR) is 43.7 cm³/mol. The minimum absolute atomic E-state index is 0.227. The number of aromatic carboxylic acids is 1. The van der Waals surface area contributed by atoms with Crippen LogP contribution < -0.4 is 4.52 Å². The number of hydrogen-bond acceptors (Lipinski definition) is 2. The Bertz CT molecular complexity index is 272. The van der Waals surface area contributed by atoms with Gasteiger partial charge in [0.25, 0.3) is 0 Å². The van der Waals surface area contributed by atoms with Crippen molar-refractivity contribution in [1.82, 2.24) is 0 Å². The number of benzene rings is 1. The molecule has 0 saturated heterocycles. The molecule has 3 nitrogen and oxygen atoms in total. The molecule has 1 N–H and O–H groups in total. The van der Waals surface area contributed by atoms with Crippen LogP contribution in [0.3, 0.4) is 0 Å². The van der Waals surface area contributed by atoms with E-state index in [0.717, 1.165) is 0 Å². The molecule has 11 heavy (non-hydrogen) atoms. The quantitative estimate of drug-likeness (QED) is 0.685. The molecule has 4 heteroatoms. The largest absolute Gasteiger partial charge is 0.480 e. The van der Waals surface area contributed by atoms with E-state index in [1.54, 1.807) is 12.1 Å². The molecule has 0 saturated carbocycles. The summed E-state index contributed by atoms with van der Waals surface area (Å²) in [6.07, 6.45) is 0. The standard InChI is InChI=1S/C7H7O3P/c8-7(9)5-2-1-3-6(4-5)10-11/h1-4H,11H2,(H,8,9). The van der Waals surface area contributed by atoms with Crippen LogP contribution in [0, 0.1) is 0 Å². The van der Waals surface area contributed by atoms with Crippen molar-refractivity contribution in [3.05, 3.63) is 29.8 Å². The van der Waals surface area contributed by atoms with Crippen molar-refractivity contribution in [3.8, 4) is 5.75 Å². The highest BCUT2D eigenvalue weighted by molar-refractivity contribution is 7.10. The van der Waals surface area contributed by atoms with Crippen molar-refractivity contribution in [2.45, 2.75) is 0 Å². The van der Waals surface area contributed by atoms with Crippen LogP contribution in [0.4, 0.5) is 0 Å². The van der Waals surface area contributed by atoms with Crippen molar-refractivity contribution in [1.29, 1.82) is 0 Å². The first-order valence-corrected chi connectivity index (χ1v) is 3.41. The lowest BCUT2D eigenvalue weighted by atomic mass is 10.2. The molecule has 1 unspecified atom stereocenters. The van der Waals surface area contributed by atoms with Gasteiger partial charge in [0.05, 0.1) is 15.0 Å². The predicted octanol–water partition coefficient (Wildman–Crippen LogP) is 1.55. The smallest absolute Gasteiger partial charge is 0.335 e. The van der Waals surface area contributed by atoms with Crippen LogP contribution in [-0.4, -0.2) is 11.1 Å². The topological polar surface area (TPSA) is 46.5 Å². The van der Waals surface area contributed by atoms with E-state index < -0.39 is 5.97 Å². The monoisotopic (exact) mass is 170 g/mol. The maximum atomic E-state index is 10.4. The molecule has 0 fully saturated rings. The van der Waals surface area contributed by atoms with Gasteiger partial charge in [0, 0.05) is 0 Å². The zero-order chi connectivity index (χ0) is 8.27. The van der Waals surface area contributed by atoms with Crippen LogP contribution in [0.1, 0.15) is 10.4 Å². The number of hydrogen-bond donors (Lipinski definition) is 1. The fourth-order valence-electron chi connectivity index (χ4n) is 0.702. The Balaban J connectivity index is 3.01. The summed E-state index contributed by atoms with van der Waals surface area (Å²) >= 11 is 0. The molecule has 0 radical (unpaired) electrons. The van der Waals surface area contributed by atoms with Crippen molar-refractivity contribution >= 4 is 15.4 Å². The Hall–Kier alpha value is -1.08. The van der Waals surface area contributed by atoms with Crippen LogP contribution in [0.5, 0.6) is 5.75 Å². The first kappa shape index (κ1) is 8.02. The van der Waals surface area contributed by atoms with Crippen molar-refractivity contribution in [3.63, 3.8) is 0 Å². The third-order valence-electron chi connectivity index (χ3n) is 1.22. The highest BCUT2D eigenvalue weighted by Crippen LogP contribution is 2.14. The van der Waals surface area contributed by atoms with Crippen molar-refractivity contribution in [2.75, 3.05) is 0 Å². The first-order valence-electron chi connectivity index (χ1n) is 2.94. The van der Waals surface area contributed by atoms with Gasteiger partial charge in [-0.25, -0.2) is 4.79 Å². The summed E-state index contributed by atoms with van der Waals surface area (Å²) in [6, 6.07) is 6.27. The molecule has 0 bridgehead atoms. The van der Waals surface area contributed by atoms with Crippen molar-refractivity contribution in [2.24, 2.45) is 0 Å². The molecule has 0 aliphatic heterocycles. The van der Waals surface area contributed by atoms with Crippen molar-refractivity contribution < 1.29 is 14.4 Å². The molecule has 0 heterocycles. The summed E-state index contributed by atoms with van der Waals surface area (Å²) in [7, 11) is 2.06. The molecule has 0 amide bonds. The van der Waals surface area contributed by atoms with Gasteiger partial charge in [0.2, 0.25) is 0 Å². The maximum absolute atomic E-state index is 10.4. The average Bonchev–Trinajstić information content (AvgIpc) is 2.05. The second-order valence-electron chi connectivity index (χ2n) is 1.95. The van der Waals surface area contributed by atoms with Gasteiger partial charge in [-0.15, -0.1) is 0 Å². The third kappa shape index (κ3) is 1.92. The Morgan fingerprint density at radius 3 is 2.82 bits per heavy atom. The molecule has 1 rings (SSSR count). The summed E-state index contributed by atoms with van der Waals surface area (Å²) in [4.78, 5) is 10.4. The summed E-state index contributed by atoms with van der Waals surface area (Å²) in [5, 5.41) is 8.54. The van der Waals surface area contributed by atoms with Crippen LogP contribution in [0.15, 0.2) is 24.3 Å². The highest BCUT2D eigenvalue weighted by Gasteiger charge is 2.01. The zero-order valence-electron chi connectivity index (χ0n) is 5.65. The molecule has 58 valence electrons. The van der Waals surface area contributed by atoms with Gasteiger partial charge in [0.15, 0.2) is 0 Å². The van der Waals surface area contributed by atoms with E-state index in [2.05, 4.69) is 9.47 Å². The van der Waals surface area contributed by atoms with Gasteiger partial charge in [-0.3, -0.25) is 0 Å². The van der Waals surface area contributed by atoms with E-state index in [4.69, 9.17) is 9.63 Å². The summed E-state index contributed by atoms with van der Waals surface area (Å²) < 4.78 is 4.76. The number of carboxylic acids is 1. The third-order valence-corrected chi connectivity index (χ3v) is 1.49. The Kier molecular flexibility index (Phi) is 2.44.